The van der Waals surface area contributed by atoms with E-state index in [1.165, 1.54) is 17.8 Å². The summed E-state index contributed by atoms with van der Waals surface area (Å²) in [5.41, 5.74) is 2.03. The Morgan fingerprint density at radius 1 is 1.10 bits per heavy atom. The molecule has 0 aliphatic carbocycles. The van der Waals surface area contributed by atoms with Gasteiger partial charge in [0.05, 0.1) is 0 Å². The normalized spacial score (nSPS) is 10.8. The summed E-state index contributed by atoms with van der Waals surface area (Å²) in [7, 11) is 0. The molecule has 2 heterocycles. The Kier molecular flexibility index (Phi) is 5.21. The highest BCUT2D eigenvalue weighted by atomic mass is 16.5. The van der Waals surface area contributed by atoms with Gasteiger partial charge in [-0.15, -0.1) is 0 Å². The number of benzene rings is 2. The molecule has 4 rings (SSSR count). The van der Waals surface area contributed by atoms with Gasteiger partial charge in [0.2, 0.25) is 5.91 Å². The van der Waals surface area contributed by atoms with Crippen LogP contribution in [0.3, 0.4) is 0 Å². The quantitative estimate of drug-likeness (QED) is 0.496. The zero-order valence-corrected chi connectivity index (χ0v) is 16.2. The maximum Gasteiger partial charge on any atom is 0.266 e. The molecule has 0 spiro atoms. The van der Waals surface area contributed by atoms with Crippen LogP contribution in [0.5, 0.6) is 0 Å². The van der Waals surface area contributed by atoms with Crippen LogP contribution in [-0.4, -0.2) is 26.4 Å². The van der Waals surface area contributed by atoms with Crippen LogP contribution in [0.25, 0.3) is 22.4 Å². The standard InChI is InChI=1S/C22H18N4O4/c1-14(27)16-8-5-9-17(12-16)24-18(28)10-11-26-13-23-21-19(22(26)29)20(25-30-21)15-6-3-2-4-7-15/h2-9,12-13H,10-11H2,1H3,(H,24,28). The molecule has 0 bridgehead atoms. The van der Waals surface area contributed by atoms with Crippen molar-refractivity contribution in [2.45, 2.75) is 19.9 Å². The summed E-state index contributed by atoms with van der Waals surface area (Å²) in [5.74, 6) is -0.365. The summed E-state index contributed by atoms with van der Waals surface area (Å²) in [4.78, 5) is 40.9. The zero-order chi connectivity index (χ0) is 21.1. The summed E-state index contributed by atoms with van der Waals surface area (Å²) in [6.07, 6.45) is 1.40. The van der Waals surface area contributed by atoms with Crippen LogP contribution in [0.2, 0.25) is 0 Å². The van der Waals surface area contributed by atoms with Gasteiger partial charge in [0.15, 0.2) is 5.78 Å². The third-order valence-electron chi connectivity index (χ3n) is 4.64. The summed E-state index contributed by atoms with van der Waals surface area (Å²) >= 11 is 0. The van der Waals surface area contributed by atoms with Gasteiger partial charge in [-0.3, -0.25) is 19.0 Å². The molecule has 0 aliphatic rings. The van der Waals surface area contributed by atoms with Gasteiger partial charge in [0, 0.05) is 29.8 Å². The smallest absolute Gasteiger partial charge is 0.266 e. The molecule has 0 aliphatic heterocycles. The Balaban J connectivity index is 1.52. The van der Waals surface area contributed by atoms with Gasteiger partial charge in [0.1, 0.15) is 17.4 Å². The minimum absolute atomic E-state index is 0.0589. The summed E-state index contributed by atoms with van der Waals surface area (Å²) in [6, 6.07) is 15.9. The molecular formula is C22H18N4O4. The number of Topliss-reactive ketones (excluding diaryl/α,β-unsaturated/α-hetero) is 1. The molecule has 0 unspecified atom stereocenters. The predicted molar refractivity (Wildman–Crippen MR) is 111 cm³/mol. The van der Waals surface area contributed by atoms with E-state index < -0.39 is 0 Å². The topological polar surface area (TPSA) is 107 Å². The van der Waals surface area contributed by atoms with Crippen molar-refractivity contribution in [1.82, 2.24) is 14.7 Å². The molecule has 0 saturated carbocycles. The van der Waals surface area contributed by atoms with Gasteiger partial charge >= 0.3 is 0 Å². The summed E-state index contributed by atoms with van der Waals surface area (Å²) < 4.78 is 6.55. The molecule has 2 aromatic carbocycles. The molecule has 150 valence electrons. The molecular weight excluding hydrogens is 384 g/mol. The highest BCUT2D eigenvalue weighted by Gasteiger charge is 2.17. The number of carbonyl (C=O) groups is 2. The van der Waals surface area contributed by atoms with Crippen molar-refractivity contribution >= 4 is 28.5 Å². The monoisotopic (exact) mass is 402 g/mol. The molecule has 0 atom stereocenters. The second-order valence-electron chi connectivity index (χ2n) is 6.76. The minimum atomic E-state index is -0.327. The second-order valence-corrected chi connectivity index (χ2v) is 6.76. The van der Waals surface area contributed by atoms with E-state index in [-0.39, 0.29) is 41.3 Å². The molecule has 8 nitrogen and oxygen atoms in total. The number of hydrogen-bond donors (Lipinski definition) is 1. The fourth-order valence-electron chi connectivity index (χ4n) is 3.09. The fraction of sp³-hybridized carbons (Fsp3) is 0.136. The van der Waals surface area contributed by atoms with Crippen molar-refractivity contribution in [2.24, 2.45) is 0 Å². The maximum absolute atomic E-state index is 12.9. The minimum Gasteiger partial charge on any atom is -0.335 e. The highest BCUT2D eigenvalue weighted by molar-refractivity contribution is 5.97. The molecule has 0 saturated heterocycles. The van der Waals surface area contributed by atoms with Crippen molar-refractivity contribution in [2.75, 3.05) is 5.32 Å². The van der Waals surface area contributed by atoms with E-state index in [0.717, 1.165) is 5.56 Å². The third kappa shape index (κ3) is 3.88. The molecule has 1 amide bonds. The SMILES string of the molecule is CC(=O)c1cccc(NC(=O)CCn2cnc3onc(-c4ccccc4)c3c2=O)c1. The van der Waals surface area contributed by atoms with E-state index in [1.807, 2.05) is 30.3 Å². The Hall–Kier alpha value is -4.07. The molecule has 0 fully saturated rings. The molecule has 4 aromatic rings. The lowest BCUT2D eigenvalue weighted by Gasteiger charge is -2.08. The van der Waals surface area contributed by atoms with Gasteiger partial charge in [-0.05, 0) is 19.1 Å². The Labute approximate surface area is 171 Å². The first-order valence-corrected chi connectivity index (χ1v) is 9.34. The number of ketones is 1. The lowest BCUT2D eigenvalue weighted by Crippen LogP contribution is -2.23. The molecule has 2 aromatic heterocycles. The van der Waals surface area contributed by atoms with Crippen LogP contribution < -0.4 is 10.9 Å². The van der Waals surface area contributed by atoms with E-state index in [1.54, 1.807) is 24.3 Å². The largest absolute Gasteiger partial charge is 0.335 e. The molecule has 30 heavy (non-hydrogen) atoms. The Morgan fingerprint density at radius 3 is 2.67 bits per heavy atom. The van der Waals surface area contributed by atoms with Gasteiger partial charge in [-0.1, -0.05) is 47.6 Å². The van der Waals surface area contributed by atoms with Gasteiger partial charge < -0.3 is 9.84 Å². The molecule has 1 N–H and O–H groups in total. The average Bonchev–Trinajstić information content (AvgIpc) is 3.19. The van der Waals surface area contributed by atoms with E-state index in [4.69, 9.17) is 4.52 Å². The Bertz CT molecular complexity index is 1290. The number of amides is 1. The first-order valence-electron chi connectivity index (χ1n) is 9.34. The van der Waals surface area contributed by atoms with Crippen molar-refractivity contribution in [3.8, 4) is 11.3 Å². The Morgan fingerprint density at radius 2 is 1.90 bits per heavy atom. The number of nitrogens with one attached hydrogen (secondary N) is 1. The lowest BCUT2D eigenvalue weighted by molar-refractivity contribution is -0.116. The highest BCUT2D eigenvalue weighted by Crippen LogP contribution is 2.23. The summed E-state index contributed by atoms with van der Waals surface area (Å²) in [5, 5.41) is 7.00. The lowest BCUT2D eigenvalue weighted by atomic mass is 10.1. The average molecular weight is 402 g/mol. The number of rotatable bonds is 6. The van der Waals surface area contributed by atoms with Crippen molar-refractivity contribution < 1.29 is 14.1 Å². The number of aromatic nitrogens is 3. The number of aryl methyl sites for hydroxylation is 1. The first-order chi connectivity index (χ1) is 14.5. The number of fused-ring (bicyclic) bond motifs is 1. The van der Waals surface area contributed by atoms with Crippen molar-refractivity contribution in [3.05, 3.63) is 76.8 Å². The van der Waals surface area contributed by atoms with E-state index in [0.29, 0.717) is 16.9 Å². The van der Waals surface area contributed by atoms with Gasteiger partial charge in [-0.2, -0.15) is 0 Å². The molecule has 0 radical (unpaired) electrons. The van der Waals surface area contributed by atoms with E-state index in [9.17, 15) is 14.4 Å². The van der Waals surface area contributed by atoms with Gasteiger partial charge in [-0.25, -0.2) is 4.98 Å². The number of anilines is 1. The van der Waals surface area contributed by atoms with Crippen LogP contribution in [-0.2, 0) is 11.3 Å². The number of hydrogen-bond acceptors (Lipinski definition) is 6. The van der Waals surface area contributed by atoms with Gasteiger partial charge in [0.25, 0.3) is 11.3 Å². The van der Waals surface area contributed by atoms with Crippen LogP contribution in [0.1, 0.15) is 23.7 Å². The van der Waals surface area contributed by atoms with Crippen LogP contribution in [0.4, 0.5) is 5.69 Å². The number of nitrogens with zero attached hydrogens (tertiary/aromatic N) is 3. The predicted octanol–water partition coefficient (Wildman–Crippen LogP) is 3.28. The van der Waals surface area contributed by atoms with Crippen LogP contribution in [0, 0.1) is 0 Å². The van der Waals surface area contributed by atoms with Crippen molar-refractivity contribution in [3.63, 3.8) is 0 Å². The van der Waals surface area contributed by atoms with E-state index >= 15 is 0 Å². The second kappa shape index (κ2) is 8.12. The van der Waals surface area contributed by atoms with Crippen LogP contribution >= 0.6 is 0 Å². The van der Waals surface area contributed by atoms with E-state index in [2.05, 4.69) is 15.5 Å². The zero-order valence-electron chi connectivity index (χ0n) is 16.2. The first kappa shape index (κ1) is 19.3. The molecule has 8 heteroatoms. The number of carbonyl (C=O) groups excluding carboxylic acids is 2. The van der Waals surface area contributed by atoms with Crippen molar-refractivity contribution in [1.29, 1.82) is 0 Å². The van der Waals surface area contributed by atoms with Crippen LogP contribution in [0.15, 0.2) is 70.2 Å². The third-order valence-corrected chi connectivity index (χ3v) is 4.64. The summed E-state index contributed by atoms with van der Waals surface area (Å²) in [6.45, 7) is 1.60. The fourth-order valence-corrected chi connectivity index (χ4v) is 3.09. The maximum atomic E-state index is 12.9.